The number of rotatable bonds is 5. The number of nitrogens with zero attached hydrogens (tertiary/aromatic N) is 2. The fourth-order valence-electron chi connectivity index (χ4n) is 2.98. The van der Waals surface area contributed by atoms with E-state index in [0.29, 0.717) is 17.9 Å². The number of nitrogens with two attached hydrogens (primary N) is 1. The van der Waals surface area contributed by atoms with E-state index in [1.54, 1.807) is 17.9 Å². The molecule has 0 saturated carbocycles. The van der Waals surface area contributed by atoms with Crippen molar-refractivity contribution < 1.29 is 9.53 Å². The summed E-state index contributed by atoms with van der Waals surface area (Å²) in [5.41, 5.74) is 6.62. The molecule has 2 aromatic carbocycles. The molecule has 0 radical (unpaired) electrons. The van der Waals surface area contributed by atoms with E-state index in [4.69, 9.17) is 10.6 Å². The van der Waals surface area contributed by atoms with Crippen molar-refractivity contribution in [3.63, 3.8) is 0 Å². The van der Waals surface area contributed by atoms with Gasteiger partial charge in [-0.2, -0.15) is 5.10 Å². The molecule has 0 spiro atoms. The van der Waals surface area contributed by atoms with Crippen LogP contribution in [0.2, 0.25) is 0 Å². The average molecular weight is 378 g/mol. The zero-order chi connectivity index (χ0) is 20.3. The highest BCUT2D eigenvalue weighted by Crippen LogP contribution is 2.24. The third-order valence-corrected chi connectivity index (χ3v) is 4.68. The molecule has 6 nitrogen and oxygen atoms in total. The van der Waals surface area contributed by atoms with Crippen molar-refractivity contribution >= 4 is 5.91 Å². The van der Waals surface area contributed by atoms with Crippen molar-refractivity contribution in [3.05, 3.63) is 71.4 Å². The number of methoxy groups -OCH3 is 1. The number of hydrogen-bond donors (Lipinski definition) is 2. The lowest BCUT2D eigenvalue weighted by Gasteiger charge is -2.19. The van der Waals surface area contributed by atoms with Crippen LogP contribution in [0.15, 0.2) is 54.6 Å². The lowest BCUT2D eigenvalue weighted by molar-refractivity contribution is 0.0943. The first-order chi connectivity index (χ1) is 13.3. The molecule has 0 saturated heterocycles. The maximum Gasteiger partial charge on any atom is 0.283 e. The summed E-state index contributed by atoms with van der Waals surface area (Å²) in [7, 11) is 1.62. The molecule has 3 aromatic rings. The molecule has 0 atom stereocenters. The first-order valence-corrected chi connectivity index (χ1v) is 9.14. The summed E-state index contributed by atoms with van der Waals surface area (Å²) in [4.78, 5) is 12.2. The van der Waals surface area contributed by atoms with E-state index >= 15 is 0 Å². The molecule has 0 fully saturated rings. The smallest absolute Gasteiger partial charge is 0.283 e. The molecule has 0 aliphatic heterocycles. The van der Waals surface area contributed by atoms with Gasteiger partial charge in [-0.3, -0.25) is 14.9 Å². The topological polar surface area (TPSA) is 82.2 Å². The minimum absolute atomic E-state index is 0.0936. The third kappa shape index (κ3) is 4.23. The molecular formula is C22H26N4O2. The van der Waals surface area contributed by atoms with E-state index in [1.807, 2.05) is 24.3 Å². The zero-order valence-corrected chi connectivity index (χ0v) is 16.7. The molecule has 0 aliphatic carbocycles. The fraction of sp³-hybridized carbons (Fsp3) is 0.273. The number of amides is 1. The number of carbonyl (C=O) groups excluding carboxylic acids is 1. The average Bonchev–Trinajstić information content (AvgIpc) is 3.11. The van der Waals surface area contributed by atoms with Gasteiger partial charge in [0.25, 0.3) is 5.91 Å². The van der Waals surface area contributed by atoms with E-state index in [2.05, 4.69) is 55.6 Å². The van der Waals surface area contributed by atoms with E-state index < -0.39 is 0 Å². The summed E-state index contributed by atoms with van der Waals surface area (Å²) >= 11 is 0. The SMILES string of the molecule is COc1ccc(-c2cc(C(=O)NN)n(Cc3ccc(C(C)(C)C)cc3)n2)cc1. The van der Waals surface area contributed by atoms with Gasteiger partial charge in [0, 0.05) is 5.56 Å². The van der Waals surface area contributed by atoms with Crippen LogP contribution in [-0.2, 0) is 12.0 Å². The Labute approximate surface area is 165 Å². The Morgan fingerprint density at radius 1 is 1.11 bits per heavy atom. The molecule has 1 heterocycles. The van der Waals surface area contributed by atoms with Gasteiger partial charge in [-0.15, -0.1) is 0 Å². The Kier molecular flexibility index (Phi) is 5.51. The van der Waals surface area contributed by atoms with Crippen LogP contribution < -0.4 is 16.0 Å². The second kappa shape index (κ2) is 7.86. The third-order valence-electron chi connectivity index (χ3n) is 4.68. The lowest BCUT2D eigenvalue weighted by atomic mass is 9.87. The molecule has 0 unspecified atom stereocenters. The van der Waals surface area contributed by atoms with Crippen LogP contribution in [0.3, 0.4) is 0 Å². The molecule has 6 heteroatoms. The molecule has 0 bridgehead atoms. The van der Waals surface area contributed by atoms with Gasteiger partial charge in [0.2, 0.25) is 0 Å². The highest BCUT2D eigenvalue weighted by atomic mass is 16.5. The van der Waals surface area contributed by atoms with Gasteiger partial charge >= 0.3 is 0 Å². The summed E-state index contributed by atoms with van der Waals surface area (Å²) in [6.45, 7) is 7.02. The summed E-state index contributed by atoms with van der Waals surface area (Å²) < 4.78 is 6.87. The van der Waals surface area contributed by atoms with Crippen molar-refractivity contribution in [3.8, 4) is 17.0 Å². The van der Waals surface area contributed by atoms with E-state index in [0.717, 1.165) is 16.9 Å². The highest BCUT2D eigenvalue weighted by Gasteiger charge is 2.17. The number of carbonyl (C=O) groups is 1. The highest BCUT2D eigenvalue weighted by molar-refractivity contribution is 5.93. The minimum atomic E-state index is -0.376. The Hall–Kier alpha value is -3.12. The van der Waals surface area contributed by atoms with Gasteiger partial charge in [0.05, 0.1) is 19.3 Å². The molecule has 3 N–H and O–H groups in total. The van der Waals surface area contributed by atoms with E-state index in [-0.39, 0.29) is 11.3 Å². The number of hydrazine groups is 1. The normalized spacial score (nSPS) is 11.3. The number of nitrogen functional groups attached to an aromatic ring is 1. The predicted molar refractivity (Wildman–Crippen MR) is 110 cm³/mol. The molecule has 146 valence electrons. The van der Waals surface area contributed by atoms with Crippen molar-refractivity contribution in [1.29, 1.82) is 0 Å². The molecule has 3 rings (SSSR count). The van der Waals surface area contributed by atoms with Gasteiger partial charge in [0.15, 0.2) is 0 Å². The minimum Gasteiger partial charge on any atom is -0.497 e. The van der Waals surface area contributed by atoms with Crippen molar-refractivity contribution in [2.45, 2.75) is 32.7 Å². The van der Waals surface area contributed by atoms with Crippen LogP contribution in [0.25, 0.3) is 11.3 Å². The summed E-state index contributed by atoms with van der Waals surface area (Å²) in [6.07, 6.45) is 0. The quantitative estimate of drug-likeness (QED) is 0.404. The second-order valence-corrected chi connectivity index (χ2v) is 7.72. The van der Waals surface area contributed by atoms with E-state index in [1.165, 1.54) is 5.56 Å². The van der Waals surface area contributed by atoms with Gasteiger partial charge < -0.3 is 4.74 Å². The molecule has 0 aliphatic rings. The molecule has 1 amide bonds. The van der Waals surface area contributed by atoms with Crippen LogP contribution in [0.1, 0.15) is 42.4 Å². The van der Waals surface area contributed by atoms with E-state index in [9.17, 15) is 4.79 Å². The first-order valence-electron chi connectivity index (χ1n) is 9.14. The lowest BCUT2D eigenvalue weighted by Crippen LogP contribution is -2.32. The molecule has 1 aromatic heterocycles. The summed E-state index contributed by atoms with van der Waals surface area (Å²) in [5, 5.41) is 4.63. The van der Waals surface area contributed by atoms with Crippen molar-refractivity contribution in [2.75, 3.05) is 7.11 Å². The van der Waals surface area contributed by atoms with Crippen LogP contribution in [-0.4, -0.2) is 22.8 Å². The molecular weight excluding hydrogens is 352 g/mol. The standard InChI is InChI=1S/C22H26N4O2/c1-22(2,3)17-9-5-15(6-10-17)14-26-20(21(27)24-23)13-19(25-26)16-7-11-18(28-4)12-8-16/h5-13H,14,23H2,1-4H3,(H,24,27). The second-order valence-electron chi connectivity index (χ2n) is 7.72. The number of aromatic nitrogens is 2. The number of hydrogen-bond acceptors (Lipinski definition) is 4. The Morgan fingerprint density at radius 2 is 1.75 bits per heavy atom. The Balaban J connectivity index is 1.92. The zero-order valence-electron chi connectivity index (χ0n) is 16.7. The maximum atomic E-state index is 12.2. The monoisotopic (exact) mass is 378 g/mol. The predicted octanol–water partition coefficient (Wildman–Crippen LogP) is 3.51. The molecule has 28 heavy (non-hydrogen) atoms. The number of benzene rings is 2. The van der Waals surface area contributed by atoms with Crippen LogP contribution in [0, 0.1) is 0 Å². The van der Waals surface area contributed by atoms with Crippen molar-refractivity contribution in [2.24, 2.45) is 5.84 Å². The number of ether oxygens (including phenoxy) is 1. The largest absolute Gasteiger partial charge is 0.497 e. The van der Waals surface area contributed by atoms with Crippen LogP contribution in [0.5, 0.6) is 5.75 Å². The first kappa shape index (κ1) is 19.6. The van der Waals surface area contributed by atoms with Gasteiger partial charge in [-0.05, 0) is 46.9 Å². The Bertz CT molecular complexity index is 952. The van der Waals surface area contributed by atoms with Gasteiger partial charge in [0.1, 0.15) is 11.4 Å². The fourth-order valence-corrected chi connectivity index (χ4v) is 2.98. The maximum absolute atomic E-state index is 12.2. The van der Waals surface area contributed by atoms with Gasteiger partial charge in [-0.1, -0.05) is 45.0 Å². The van der Waals surface area contributed by atoms with Crippen LogP contribution in [0.4, 0.5) is 0 Å². The van der Waals surface area contributed by atoms with Gasteiger partial charge in [-0.25, -0.2) is 5.84 Å². The van der Waals surface area contributed by atoms with Crippen molar-refractivity contribution in [1.82, 2.24) is 15.2 Å². The summed E-state index contributed by atoms with van der Waals surface area (Å²) in [6, 6.07) is 17.7. The van der Waals surface area contributed by atoms with Crippen LogP contribution >= 0.6 is 0 Å². The number of nitrogens with one attached hydrogen (secondary N) is 1. The Morgan fingerprint density at radius 3 is 2.29 bits per heavy atom. The summed E-state index contributed by atoms with van der Waals surface area (Å²) in [5.74, 6) is 5.75.